The first kappa shape index (κ1) is 14.5. The summed E-state index contributed by atoms with van der Waals surface area (Å²) in [5.41, 5.74) is -0.0586. The minimum atomic E-state index is -0.626. The fraction of sp³-hybridized carbons (Fsp3) is 0.400. The number of nitro benzene ring substituents is 2. The highest BCUT2D eigenvalue weighted by atomic mass is 79.9. The van der Waals surface area contributed by atoms with Gasteiger partial charge in [-0.05, 0) is 12.5 Å². The zero-order chi connectivity index (χ0) is 13.7. The molecule has 0 fully saturated rings. The highest BCUT2D eigenvalue weighted by Crippen LogP contribution is 2.32. The highest BCUT2D eigenvalue weighted by molar-refractivity contribution is 9.08. The predicted octanol–water partition coefficient (Wildman–Crippen LogP) is 2.93. The average molecular weight is 319 g/mol. The Kier molecular flexibility index (Phi) is 5.17. The molecule has 0 aromatic heterocycles. The molecular formula is C10H11BrN2O5. The molecule has 1 aromatic carbocycles. The van der Waals surface area contributed by atoms with Crippen molar-refractivity contribution >= 4 is 27.3 Å². The van der Waals surface area contributed by atoms with Crippen molar-refractivity contribution in [3.63, 3.8) is 0 Å². The first-order valence-electron chi connectivity index (χ1n) is 5.09. The van der Waals surface area contributed by atoms with Crippen molar-refractivity contribution in [1.29, 1.82) is 0 Å². The van der Waals surface area contributed by atoms with Gasteiger partial charge < -0.3 is 4.74 Å². The van der Waals surface area contributed by atoms with Crippen molar-refractivity contribution in [3.05, 3.63) is 43.5 Å². The largest absolute Gasteiger partial charge is 0.377 e. The van der Waals surface area contributed by atoms with Gasteiger partial charge in [0.1, 0.15) is 5.56 Å². The Bertz CT molecular complexity index is 442. The maximum atomic E-state index is 10.9. The monoisotopic (exact) mass is 318 g/mol. The third kappa shape index (κ3) is 3.23. The topological polar surface area (TPSA) is 95.5 Å². The summed E-state index contributed by atoms with van der Waals surface area (Å²) in [6.45, 7) is 2.32. The molecule has 0 aliphatic carbocycles. The molecule has 0 atom stereocenters. The molecule has 0 aliphatic rings. The van der Waals surface area contributed by atoms with Crippen molar-refractivity contribution < 1.29 is 14.6 Å². The lowest BCUT2D eigenvalue weighted by Gasteiger charge is -2.05. The number of nitrogens with zero attached hydrogens (tertiary/aromatic N) is 2. The van der Waals surface area contributed by atoms with E-state index in [0.29, 0.717) is 12.2 Å². The van der Waals surface area contributed by atoms with Crippen LogP contribution in [-0.4, -0.2) is 16.5 Å². The minimum Gasteiger partial charge on any atom is -0.377 e. The van der Waals surface area contributed by atoms with E-state index < -0.39 is 9.85 Å². The number of nitro groups is 2. The van der Waals surface area contributed by atoms with Crippen molar-refractivity contribution in [3.8, 4) is 0 Å². The van der Waals surface area contributed by atoms with E-state index in [0.717, 1.165) is 0 Å². The summed E-state index contributed by atoms with van der Waals surface area (Å²) in [6.07, 6.45) is 0. The van der Waals surface area contributed by atoms with E-state index in [9.17, 15) is 20.2 Å². The lowest BCUT2D eigenvalue weighted by atomic mass is 10.1. The second-order valence-corrected chi connectivity index (χ2v) is 3.96. The molecule has 0 saturated heterocycles. The predicted molar refractivity (Wildman–Crippen MR) is 67.7 cm³/mol. The maximum Gasteiger partial charge on any atom is 0.280 e. The quantitative estimate of drug-likeness (QED) is 0.456. The number of alkyl halides is 1. The Labute approximate surface area is 111 Å². The molecule has 0 aliphatic heterocycles. The minimum absolute atomic E-state index is 0.0501. The summed E-state index contributed by atoms with van der Waals surface area (Å²) < 4.78 is 5.11. The molecule has 0 amide bonds. The Morgan fingerprint density at radius 3 is 2.06 bits per heavy atom. The smallest absolute Gasteiger partial charge is 0.280 e. The molecule has 0 radical (unpaired) electrons. The number of hydrogen-bond donors (Lipinski definition) is 0. The summed E-state index contributed by atoms with van der Waals surface area (Å²) in [7, 11) is 0. The average Bonchev–Trinajstić information content (AvgIpc) is 2.34. The summed E-state index contributed by atoms with van der Waals surface area (Å²) in [5, 5.41) is 21.9. The zero-order valence-electron chi connectivity index (χ0n) is 9.59. The number of halogens is 1. The molecule has 0 bridgehead atoms. The van der Waals surface area contributed by atoms with Crippen molar-refractivity contribution in [2.45, 2.75) is 18.9 Å². The van der Waals surface area contributed by atoms with Gasteiger partial charge in [-0.2, -0.15) is 0 Å². The third-order valence-corrected chi connectivity index (χ3v) is 2.82. The van der Waals surface area contributed by atoms with Crippen LogP contribution in [0.3, 0.4) is 0 Å². The van der Waals surface area contributed by atoms with Crippen LogP contribution in [0.25, 0.3) is 0 Å². The Hall–Kier alpha value is -1.54. The number of hydrogen-bond acceptors (Lipinski definition) is 5. The van der Waals surface area contributed by atoms with E-state index in [-0.39, 0.29) is 28.9 Å². The van der Waals surface area contributed by atoms with E-state index in [1.807, 2.05) is 0 Å². The van der Waals surface area contributed by atoms with Gasteiger partial charge in [-0.25, -0.2) is 0 Å². The molecule has 98 valence electrons. The SMILES string of the molecule is CCOCc1cc([N+](=O)[O-])c(CBr)c([N+](=O)[O-])c1. The standard InChI is InChI=1S/C10H11BrN2O5/c1-2-18-6-7-3-9(12(14)15)8(5-11)10(4-7)13(16)17/h3-4H,2,5-6H2,1H3. The number of rotatable bonds is 6. The van der Waals surface area contributed by atoms with Gasteiger partial charge in [0.05, 0.1) is 16.5 Å². The molecule has 0 saturated carbocycles. The van der Waals surface area contributed by atoms with Gasteiger partial charge in [-0.3, -0.25) is 20.2 Å². The van der Waals surface area contributed by atoms with Crippen LogP contribution in [0.2, 0.25) is 0 Å². The van der Waals surface area contributed by atoms with Crippen molar-refractivity contribution in [1.82, 2.24) is 0 Å². The number of benzene rings is 1. The van der Waals surface area contributed by atoms with E-state index in [1.165, 1.54) is 12.1 Å². The van der Waals surface area contributed by atoms with E-state index >= 15 is 0 Å². The van der Waals surface area contributed by atoms with Crippen molar-refractivity contribution in [2.24, 2.45) is 0 Å². The van der Waals surface area contributed by atoms with Gasteiger partial charge in [0.15, 0.2) is 0 Å². The Morgan fingerprint density at radius 2 is 1.72 bits per heavy atom. The van der Waals surface area contributed by atoms with Crippen LogP contribution in [0, 0.1) is 20.2 Å². The normalized spacial score (nSPS) is 10.3. The number of ether oxygens (including phenoxy) is 1. The van der Waals surface area contributed by atoms with Gasteiger partial charge in [-0.15, -0.1) is 0 Å². The molecule has 0 unspecified atom stereocenters. The molecule has 0 N–H and O–H groups in total. The van der Waals surface area contributed by atoms with Crippen LogP contribution in [0.4, 0.5) is 11.4 Å². The molecule has 18 heavy (non-hydrogen) atoms. The van der Waals surface area contributed by atoms with Crippen LogP contribution >= 0.6 is 15.9 Å². The van der Waals surface area contributed by atoms with Gasteiger partial charge in [0, 0.05) is 24.1 Å². The molecule has 0 spiro atoms. The Balaban J connectivity index is 3.34. The fourth-order valence-corrected chi connectivity index (χ4v) is 2.04. The van der Waals surface area contributed by atoms with Crippen LogP contribution < -0.4 is 0 Å². The molecule has 7 nitrogen and oxygen atoms in total. The second kappa shape index (κ2) is 6.41. The first-order valence-corrected chi connectivity index (χ1v) is 6.21. The van der Waals surface area contributed by atoms with Crippen LogP contribution in [0.15, 0.2) is 12.1 Å². The van der Waals surface area contributed by atoms with Gasteiger partial charge in [0.25, 0.3) is 11.4 Å². The summed E-state index contributed by atoms with van der Waals surface area (Å²) in [6, 6.07) is 2.61. The first-order chi connectivity index (χ1) is 8.51. The Morgan fingerprint density at radius 1 is 1.22 bits per heavy atom. The van der Waals surface area contributed by atoms with E-state index in [2.05, 4.69) is 15.9 Å². The van der Waals surface area contributed by atoms with E-state index in [1.54, 1.807) is 6.92 Å². The summed E-state index contributed by atoms with van der Waals surface area (Å²) in [5.74, 6) is 0. The lowest BCUT2D eigenvalue weighted by Crippen LogP contribution is -2.02. The van der Waals surface area contributed by atoms with Gasteiger partial charge in [0.2, 0.25) is 0 Å². The molecule has 8 heteroatoms. The van der Waals surface area contributed by atoms with E-state index in [4.69, 9.17) is 4.74 Å². The van der Waals surface area contributed by atoms with Crippen LogP contribution in [0.5, 0.6) is 0 Å². The molecule has 1 rings (SSSR count). The fourth-order valence-electron chi connectivity index (χ4n) is 1.46. The maximum absolute atomic E-state index is 10.9. The van der Waals surface area contributed by atoms with Crippen LogP contribution in [0.1, 0.15) is 18.1 Å². The summed E-state index contributed by atoms with van der Waals surface area (Å²) >= 11 is 3.03. The highest BCUT2D eigenvalue weighted by Gasteiger charge is 2.25. The van der Waals surface area contributed by atoms with Crippen molar-refractivity contribution in [2.75, 3.05) is 6.61 Å². The molecular weight excluding hydrogens is 308 g/mol. The van der Waals surface area contributed by atoms with Crippen LogP contribution in [-0.2, 0) is 16.7 Å². The second-order valence-electron chi connectivity index (χ2n) is 3.40. The molecule has 1 aromatic rings. The zero-order valence-corrected chi connectivity index (χ0v) is 11.2. The lowest BCUT2D eigenvalue weighted by molar-refractivity contribution is -0.395. The summed E-state index contributed by atoms with van der Waals surface area (Å²) in [4.78, 5) is 20.6. The third-order valence-electron chi connectivity index (χ3n) is 2.26. The van der Waals surface area contributed by atoms with Gasteiger partial charge >= 0.3 is 0 Å². The molecule has 0 heterocycles. The van der Waals surface area contributed by atoms with Gasteiger partial charge in [-0.1, -0.05) is 15.9 Å².